The van der Waals surface area contributed by atoms with Crippen LogP contribution >= 0.6 is 0 Å². The van der Waals surface area contributed by atoms with Crippen molar-refractivity contribution in [3.05, 3.63) is 18.0 Å². The first-order valence-electron chi connectivity index (χ1n) is 5.07. The minimum atomic E-state index is 0.594. The van der Waals surface area contributed by atoms with Gasteiger partial charge in [-0.2, -0.15) is 5.10 Å². The van der Waals surface area contributed by atoms with E-state index in [9.17, 15) is 0 Å². The normalized spacial score (nSPS) is 14.2. The van der Waals surface area contributed by atoms with Crippen LogP contribution in [-0.4, -0.2) is 27.9 Å². The second-order valence-electron chi connectivity index (χ2n) is 3.57. The van der Waals surface area contributed by atoms with Gasteiger partial charge in [-0.15, -0.1) is 0 Å². The van der Waals surface area contributed by atoms with Crippen molar-refractivity contribution in [2.24, 2.45) is 5.73 Å². The lowest BCUT2D eigenvalue weighted by atomic mass is 10.2. The molecule has 0 aliphatic carbocycles. The summed E-state index contributed by atoms with van der Waals surface area (Å²) in [6.45, 7) is 2.12. The van der Waals surface area contributed by atoms with Gasteiger partial charge in [0.05, 0.1) is 23.1 Å². The Labute approximate surface area is 86.8 Å². The summed E-state index contributed by atoms with van der Waals surface area (Å²) in [5, 5.41) is 5.48. The molecule has 0 saturated heterocycles. The van der Waals surface area contributed by atoms with Gasteiger partial charge in [0, 0.05) is 12.6 Å². The van der Waals surface area contributed by atoms with Crippen LogP contribution in [0, 0.1) is 0 Å². The molecule has 2 N–H and O–H groups in total. The number of hydrogen-bond acceptors (Lipinski definition) is 4. The summed E-state index contributed by atoms with van der Waals surface area (Å²) in [6.07, 6.45) is 2.54. The molecule has 5 heteroatoms. The number of nitrogens with zero attached hydrogens (tertiary/aromatic N) is 3. The summed E-state index contributed by atoms with van der Waals surface area (Å²) in [5.74, 6) is 0.849. The molecule has 0 radical (unpaired) electrons. The van der Waals surface area contributed by atoms with Crippen LogP contribution in [0.2, 0.25) is 0 Å². The van der Waals surface area contributed by atoms with E-state index < -0.39 is 0 Å². The van der Waals surface area contributed by atoms with E-state index in [-0.39, 0.29) is 0 Å². The molecule has 2 aromatic rings. The number of pyridine rings is 1. The van der Waals surface area contributed by atoms with Crippen LogP contribution in [0.4, 0.5) is 0 Å². The summed E-state index contributed by atoms with van der Waals surface area (Å²) in [6, 6.07) is 1.91. The molecular formula is C10H12N4O. The summed E-state index contributed by atoms with van der Waals surface area (Å²) in [7, 11) is 0. The number of ether oxygens (including phenoxy) is 1. The number of hydrogen-bond donors (Lipinski definition) is 1. The maximum absolute atomic E-state index is 5.56. The third-order valence-electron chi connectivity index (χ3n) is 2.61. The van der Waals surface area contributed by atoms with Crippen LogP contribution in [0.5, 0.6) is 5.88 Å². The Bertz CT molecular complexity index is 505. The molecule has 0 spiro atoms. The molecule has 3 rings (SSSR count). The zero-order valence-corrected chi connectivity index (χ0v) is 8.31. The van der Waals surface area contributed by atoms with Crippen molar-refractivity contribution in [1.29, 1.82) is 0 Å². The Morgan fingerprint density at radius 3 is 3.33 bits per heavy atom. The maximum Gasteiger partial charge on any atom is 0.221 e. The summed E-state index contributed by atoms with van der Waals surface area (Å²) in [4.78, 5) is 4.33. The maximum atomic E-state index is 5.56. The van der Waals surface area contributed by atoms with Crippen LogP contribution in [0.15, 0.2) is 12.3 Å². The third kappa shape index (κ3) is 1.20. The smallest absolute Gasteiger partial charge is 0.221 e. The highest BCUT2D eigenvalue weighted by Gasteiger charge is 2.20. The minimum absolute atomic E-state index is 0.594. The lowest BCUT2D eigenvalue weighted by Gasteiger charge is -2.00. The highest BCUT2D eigenvalue weighted by atomic mass is 16.5. The molecule has 0 atom stereocenters. The summed E-state index contributed by atoms with van der Waals surface area (Å²) in [5.41, 5.74) is 7.49. The van der Waals surface area contributed by atoms with Crippen molar-refractivity contribution in [1.82, 2.24) is 14.8 Å². The highest BCUT2D eigenvalue weighted by molar-refractivity contribution is 5.86. The van der Waals surface area contributed by atoms with Gasteiger partial charge in [0.25, 0.3) is 0 Å². The van der Waals surface area contributed by atoms with Crippen molar-refractivity contribution in [3.63, 3.8) is 0 Å². The van der Waals surface area contributed by atoms with E-state index in [1.165, 1.54) is 0 Å². The lowest BCUT2D eigenvalue weighted by molar-refractivity contribution is 0.360. The molecule has 3 heterocycles. The van der Waals surface area contributed by atoms with E-state index in [0.29, 0.717) is 13.2 Å². The van der Waals surface area contributed by atoms with Crippen LogP contribution < -0.4 is 10.5 Å². The predicted octanol–water partition coefficient (Wildman–Crippen LogP) is 0.325. The molecule has 15 heavy (non-hydrogen) atoms. The van der Waals surface area contributed by atoms with Crippen LogP contribution in [0.3, 0.4) is 0 Å². The molecule has 0 amide bonds. The van der Waals surface area contributed by atoms with Gasteiger partial charge >= 0.3 is 0 Å². The summed E-state index contributed by atoms with van der Waals surface area (Å²) >= 11 is 0. The van der Waals surface area contributed by atoms with Crippen molar-refractivity contribution in [3.8, 4) is 5.88 Å². The van der Waals surface area contributed by atoms with Crippen molar-refractivity contribution >= 4 is 10.9 Å². The van der Waals surface area contributed by atoms with Gasteiger partial charge in [-0.05, 0) is 12.6 Å². The predicted molar refractivity (Wildman–Crippen MR) is 55.8 cm³/mol. The average molecular weight is 204 g/mol. The SMILES string of the molecule is NCCc1nccc2nn3c(c12)OCC3. The van der Waals surface area contributed by atoms with Gasteiger partial charge in [-0.3, -0.25) is 4.98 Å². The van der Waals surface area contributed by atoms with E-state index in [1.807, 2.05) is 10.7 Å². The molecule has 0 saturated carbocycles. The van der Waals surface area contributed by atoms with E-state index in [0.717, 1.165) is 35.4 Å². The highest BCUT2D eigenvalue weighted by Crippen LogP contribution is 2.30. The first-order valence-corrected chi connectivity index (χ1v) is 5.07. The Kier molecular flexibility index (Phi) is 1.85. The fraction of sp³-hybridized carbons (Fsp3) is 0.400. The fourth-order valence-corrected chi connectivity index (χ4v) is 1.97. The number of aromatic nitrogens is 3. The van der Waals surface area contributed by atoms with E-state index in [1.54, 1.807) is 6.20 Å². The van der Waals surface area contributed by atoms with Crippen molar-refractivity contribution in [2.75, 3.05) is 13.2 Å². The van der Waals surface area contributed by atoms with E-state index in [2.05, 4.69) is 10.1 Å². The van der Waals surface area contributed by atoms with Gasteiger partial charge < -0.3 is 10.5 Å². The number of nitrogens with two attached hydrogens (primary N) is 1. The molecular weight excluding hydrogens is 192 g/mol. The van der Waals surface area contributed by atoms with Crippen LogP contribution in [0.25, 0.3) is 10.9 Å². The summed E-state index contributed by atoms with van der Waals surface area (Å²) < 4.78 is 7.45. The third-order valence-corrected chi connectivity index (χ3v) is 2.61. The van der Waals surface area contributed by atoms with E-state index >= 15 is 0 Å². The lowest BCUT2D eigenvalue weighted by Crippen LogP contribution is -2.04. The largest absolute Gasteiger partial charge is 0.475 e. The Hall–Kier alpha value is -1.62. The first-order chi connectivity index (χ1) is 7.40. The van der Waals surface area contributed by atoms with Crippen LogP contribution in [0.1, 0.15) is 5.69 Å². The zero-order valence-electron chi connectivity index (χ0n) is 8.31. The fourth-order valence-electron chi connectivity index (χ4n) is 1.97. The molecule has 0 unspecified atom stereocenters. The first kappa shape index (κ1) is 8.67. The van der Waals surface area contributed by atoms with E-state index in [4.69, 9.17) is 10.5 Å². The second kappa shape index (κ2) is 3.20. The Balaban J connectivity index is 2.27. The minimum Gasteiger partial charge on any atom is -0.475 e. The average Bonchev–Trinajstić information content (AvgIpc) is 2.77. The van der Waals surface area contributed by atoms with Gasteiger partial charge in [0.1, 0.15) is 6.61 Å². The van der Waals surface area contributed by atoms with Gasteiger partial charge in [-0.25, -0.2) is 4.68 Å². The molecule has 5 nitrogen and oxygen atoms in total. The number of rotatable bonds is 2. The van der Waals surface area contributed by atoms with Gasteiger partial charge in [0.15, 0.2) is 0 Å². The monoisotopic (exact) mass is 204 g/mol. The van der Waals surface area contributed by atoms with Gasteiger partial charge in [0.2, 0.25) is 5.88 Å². The second-order valence-corrected chi connectivity index (χ2v) is 3.57. The van der Waals surface area contributed by atoms with Crippen molar-refractivity contribution in [2.45, 2.75) is 13.0 Å². The Morgan fingerprint density at radius 2 is 2.47 bits per heavy atom. The topological polar surface area (TPSA) is 66.0 Å². The molecule has 0 bridgehead atoms. The molecule has 1 aliphatic heterocycles. The quantitative estimate of drug-likeness (QED) is 0.765. The van der Waals surface area contributed by atoms with Crippen molar-refractivity contribution < 1.29 is 4.74 Å². The standard InChI is InChI=1S/C10H12N4O/c11-3-1-7-9-8(2-4-12-7)13-14-5-6-15-10(9)14/h2,4H,1,3,5-6,11H2. The molecule has 1 aliphatic rings. The zero-order chi connectivity index (χ0) is 10.3. The van der Waals surface area contributed by atoms with Gasteiger partial charge in [-0.1, -0.05) is 0 Å². The van der Waals surface area contributed by atoms with Crippen LogP contribution in [-0.2, 0) is 13.0 Å². The molecule has 0 aromatic carbocycles. The molecule has 0 fully saturated rings. The number of fused-ring (bicyclic) bond motifs is 3. The molecule has 78 valence electrons. The Morgan fingerprint density at radius 1 is 1.53 bits per heavy atom. The molecule has 2 aromatic heterocycles.